The molecule has 122 valence electrons. The molecule has 23 heavy (non-hydrogen) atoms. The van der Waals surface area contributed by atoms with Crippen LogP contribution in [0.5, 0.6) is 11.6 Å². The summed E-state index contributed by atoms with van der Waals surface area (Å²) in [6.45, 7) is 5.51. The monoisotopic (exact) mass is 333 g/mol. The zero-order chi connectivity index (χ0) is 17.3. The van der Waals surface area contributed by atoms with Crippen LogP contribution in [0.1, 0.15) is 31.1 Å². The number of ether oxygens (including phenoxy) is 1. The third-order valence-corrected chi connectivity index (χ3v) is 4.28. The standard InChI is InChI=1S/C17H19NO4S/c1-17(2,3)16(19)12-9-10-15(18-11-12)22-13-7-5-6-8-14(13)23(4,20)21/h5-11H,1-4H3. The number of carbonyl (C=O) groups excluding carboxylic acids is 1. The van der Waals surface area contributed by atoms with Crippen LogP contribution < -0.4 is 4.74 Å². The number of pyridine rings is 1. The van der Waals surface area contributed by atoms with Gasteiger partial charge in [0, 0.05) is 29.5 Å². The number of benzene rings is 1. The molecule has 5 nitrogen and oxygen atoms in total. The first-order valence-electron chi connectivity index (χ1n) is 7.07. The molecule has 0 spiro atoms. The van der Waals surface area contributed by atoms with E-state index in [4.69, 9.17) is 4.74 Å². The lowest BCUT2D eigenvalue weighted by atomic mass is 9.87. The molecule has 0 aliphatic heterocycles. The zero-order valence-corrected chi connectivity index (χ0v) is 14.3. The van der Waals surface area contributed by atoms with Gasteiger partial charge in [-0.05, 0) is 18.2 Å². The van der Waals surface area contributed by atoms with Crippen LogP contribution in [0.25, 0.3) is 0 Å². The zero-order valence-electron chi connectivity index (χ0n) is 13.5. The highest BCUT2D eigenvalue weighted by Gasteiger charge is 2.23. The summed E-state index contributed by atoms with van der Waals surface area (Å²) in [4.78, 5) is 16.3. The number of hydrogen-bond acceptors (Lipinski definition) is 5. The van der Waals surface area contributed by atoms with Crippen molar-refractivity contribution in [2.24, 2.45) is 5.41 Å². The number of hydrogen-bond donors (Lipinski definition) is 0. The molecule has 2 aromatic rings. The minimum Gasteiger partial charge on any atom is -0.438 e. The number of ketones is 1. The highest BCUT2D eigenvalue weighted by molar-refractivity contribution is 7.90. The molecule has 2 rings (SSSR count). The lowest BCUT2D eigenvalue weighted by molar-refractivity contribution is 0.0858. The molecule has 0 saturated carbocycles. The maximum atomic E-state index is 12.2. The second-order valence-corrected chi connectivity index (χ2v) is 8.27. The lowest BCUT2D eigenvalue weighted by Crippen LogP contribution is -2.20. The van der Waals surface area contributed by atoms with E-state index in [-0.39, 0.29) is 22.3 Å². The molecule has 0 unspecified atom stereocenters. The molecule has 0 radical (unpaired) electrons. The van der Waals surface area contributed by atoms with Gasteiger partial charge in [-0.3, -0.25) is 4.79 Å². The van der Waals surface area contributed by atoms with E-state index in [1.807, 2.05) is 20.8 Å². The Morgan fingerprint density at radius 3 is 2.26 bits per heavy atom. The summed E-state index contributed by atoms with van der Waals surface area (Å²) in [6, 6.07) is 9.52. The van der Waals surface area contributed by atoms with Crippen molar-refractivity contribution in [3.05, 3.63) is 48.2 Å². The van der Waals surface area contributed by atoms with Crippen LogP contribution in [-0.2, 0) is 9.84 Å². The third-order valence-electron chi connectivity index (χ3n) is 3.14. The van der Waals surface area contributed by atoms with Gasteiger partial charge in [0.25, 0.3) is 0 Å². The van der Waals surface area contributed by atoms with E-state index < -0.39 is 15.3 Å². The summed E-state index contributed by atoms with van der Waals surface area (Å²) in [5.74, 6) is 0.414. The van der Waals surface area contributed by atoms with Gasteiger partial charge in [0.2, 0.25) is 5.88 Å². The van der Waals surface area contributed by atoms with Gasteiger partial charge in [0.15, 0.2) is 15.6 Å². The molecule has 0 N–H and O–H groups in total. The van der Waals surface area contributed by atoms with E-state index in [0.29, 0.717) is 5.56 Å². The summed E-state index contributed by atoms with van der Waals surface area (Å²) >= 11 is 0. The Morgan fingerprint density at radius 1 is 1.09 bits per heavy atom. The predicted octanol–water partition coefficient (Wildman–Crippen LogP) is 3.51. The average Bonchev–Trinajstić information content (AvgIpc) is 2.46. The Balaban J connectivity index is 2.28. The molecule has 0 bridgehead atoms. The highest BCUT2D eigenvalue weighted by Crippen LogP contribution is 2.28. The first-order chi connectivity index (χ1) is 10.6. The van der Waals surface area contributed by atoms with Crippen LogP contribution in [0.2, 0.25) is 0 Å². The van der Waals surface area contributed by atoms with Crippen molar-refractivity contribution in [1.82, 2.24) is 4.98 Å². The Labute approximate surface area is 136 Å². The molecule has 0 aliphatic carbocycles. The number of carbonyl (C=O) groups is 1. The van der Waals surface area contributed by atoms with E-state index in [2.05, 4.69) is 4.98 Å². The van der Waals surface area contributed by atoms with Crippen LogP contribution in [0.15, 0.2) is 47.5 Å². The molecule has 1 aromatic carbocycles. The summed E-state index contributed by atoms with van der Waals surface area (Å²) in [5.41, 5.74) is -0.00585. The first kappa shape index (κ1) is 17.1. The van der Waals surface area contributed by atoms with Gasteiger partial charge in [0.05, 0.1) is 0 Å². The number of para-hydroxylation sites is 1. The van der Waals surface area contributed by atoms with Gasteiger partial charge in [0.1, 0.15) is 10.6 Å². The molecule has 0 amide bonds. The summed E-state index contributed by atoms with van der Waals surface area (Å²) in [6.07, 6.45) is 2.56. The van der Waals surface area contributed by atoms with Gasteiger partial charge in [-0.15, -0.1) is 0 Å². The Kier molecular flexibility index (Phi) is 4.56. The number of rotatable bonds is 4. The highest BCUT2D eigenvalue weighted by atomic mass is 32.2. The Morgan fingerprint density at radius 2 is 1.74 bits per heavy atom. The molecule has 0 fully saturated rings. The fraction of sp³-hybridized carbons (Fsp3) is 0.294. The van der Waals surface area contributed by atoms with Crippen LogP contribution in [-0.4, -0.2) is 25.4 Å². The quantitative estimate of drug-likeness (QED) is 0.801. The van der Waals surface area contributed by atoms with Crippen molar-refractivity contribution in [2.75, 3.05) is 6.26 Å². The Hall–Kier alpha value is -2.21. The largest absolute Gasteiger partial charge is 0.438 e. The molecule has 6 heteroatoms. The van der Waals surface area contributed by atoms with Crippen molar-refractivity contribution in [3.8, 4) is 11.6 Å². The lowest BCUT2D eigenvalue weighted by Gasteiger charge is -2.16. The summed E-state index contributed by atoms with van der Waals surface area (Å²) in [7, 11) is -3.40. The van der Waals surface area contributed by atoms with E-state index in [1.54, 1.807) is 30.3 Å². The molecule has 1 aromatic heterocycles. The van der Waals surface area contributed by atoms with Crippen molar-refractivity contribution in [2.45, 2.75) is 25.7 Å². The average molecular weight is 333 g/mol. The van der Waals surface area contributed by atoms with Gasteiger partial charge < -0.3 is 4.74 Å². The molecular formula is C17H19NO4S. The van der Waals surface area contributed by atoms with Crippen molar-refractivity contribution in [3.63, 3.8) is 0 Å². The van der Waals surface area contributed by atoms with Crippen molar-refractivity contribution < 1.29 is 17.9 Å². The predicted molar refractivity (Wildman–Crippen MR) is 87.6 cm³/mol. The summed E-state index contributed by atoms with van der Waals surface area (Å²) in [5, 5.41) is 0. The maximum Gasteiger partial charge on any atom is 0.219 e. The van der Waals surface area contributed by atoms with Crippen molar-refractivity contribution >= 4 is 15.6 Å². The molecule has 1 heterocycles. The van der Waals surface area contributed by atoms with E-state index in [0.717, 1.165) is 6.26 Å². The van der Waals surface area contributed by atoms with Gasteiger partial charge in [-0.25, -0.2) is 13.4 Å². The number of nitrogens with zero attached hydrogens (tertiary/aromatic N) is 1. The van der Waals surface area contributed by atoms with Gasteiger partial charge >= 0.3 is 0 Å². The van der Waals surface area contributed by atoms with E-state index >= 15 is 0 Å². The summed E-state index contributed by atoms with van der Waals surface area (Å²) < 4.78 is 29.1. The number of Topliss-reactive ketones (excluding diaryl/α,β-unsaturated/α-hetero) is 1. The van der Waals surface area contributed by atoms with Crippen LogP contribution in [0.3, 0.4) is 0 Å². The van der Waals surface area contributed by atoms with Gasteiger partial charge in [-0.1, -0.05) is 32.9 Å². The van der Waals surface area contributed by atoms with Gasteiger partial charge in [-0.2, -0.15) is 0 Å². The van der Waals surface area contributed by atoms with Crippen LogP contribution in [0, 0.1) is 5.41 Å². The number of sulfone groups is 1. The third kappa shape index (κ3) is 4.16. The van der Waals surface area contributed by atoms with Crippen LogP contribution in [0.4, 0.5) is 0 Å². The number of aromatic nitrogens is 1. The normalized spacial score (nSPS) is 12.0. The molecule has 0 saturated heterocycles. The van der Waals surface area contributed by atoms with Crippen LogP contribution >= 0.6 is 0 Å². The first-order valence-corrected chi connectivity index (χ1v) is 8.96. The second-order valence-electron chi connectivity index (χ2n) is 6.29. The van der Waals surface area contributed by atoms with Crippen molar-refractivity contribution in [1.29, 1.82) is 0 Å². The SMILES string of the molecule is CC(C)(C)C(=O)c1ccc(Oc2ccccc2S(C)(=O)=O)nc1. The van der Waals surface area contributed by atoms with E-state index in [1.165, 1.54) is 12.3 Å². The molecule has 0 aliphatic rings. The smallest absolute Gasteiger partial charge is 0.219 e. The molecular weight excluding hydrogens is 314 g/mol. The maximum absolute atomic E-state index is 12.2. The minimum atomic E-state index is -3.40. The fourth-order valence-electron chi connectivity index (χ4n) is 1.96. The second kappa shape index (κ2) is 6.12. The topological polar surface area (TPSA) is 73.3 Å². The Bertz CT molecular complexity index is 818. The fourth-order valence-corrected chi connectivity index (χ4v) is 2.76. The minimum absolute atomic E-state index is 0.0203. The molecule has 0 atom stereocenters. The van der Waals surface area contributed by atoms with E-state index in [9.17, 15) is 13.2 Å².